The molecule has 0 amide bonds. The Morgan fingerprint density at radius 2 is 2.26 bits per heavy atom. The molecule has 1 unspecified atom stereocenters. The van der Waals surface area contributed by atoms with Gasteiger partial charge >= 0.3 is 5.97 Å². The van der Waals surface area contributed by atoms with E-state index >= 15 is 0 Å². The van der Waals surface area contributed by atoms with Gasteiger partial charge in [-0.25, -0.2) is 14.2 Å². The van der Waals surface area contributed by atoms with E-state index in [9.17, 15) is 9.18 Å². The zero-order valence-electron chi connectivity index (χ0n) is 14.9. The second kappa shape index (κ2) is 7.33. The number of aryl methyl sites for hydroxylation is 1. The van der Waals surface area contributed by atoms with Crippen molar-refractivity contribution in [2.24, 2.45) is 0 Å². The topological polar surface area (TPSA) is 53.3 Å². The minimum absolute atomic E-state index is 0.124. The molecule has 4 rings (SSSR count). The van der Waals surface area contributed by atoms with Crippen LogP contribution < -0.4 is 0 Å². The molecule has 0 spiro atoms. The molecule has 8 heteroatoms. The molecule has 1 aromatic carbocycles. The lowest BCUT2D eigenvalue weighted by molar-refractivity contribution is -0.0589. The molecule has 1 aliphatic heterocycles. The van der Waals surface area contributed by atoms with E-state index in [1.165, 1.54) is 24.5 Å². The number of methoxy groups -OCH3 is 1. The lowest BCUT2D eigenvalue weighted by atomic mass is 10.1. The van der Waals surface area contributed by atoms with Crippen molar-refractivity contribution >= 4 is 43.6 Å². The summed E-state index contributed by atoms with van der Waals surface area (Å²) in [5, 5.41) is 0. The van der Waals surface area contributed by atoms with Crippen molar-refractivity contribution in [1.82, 2.24) is 9.55 Å². The van der Waals surface area contributed by atoms with E-state index in [-0.39, 0.29) is 17.9 Å². The quantitative estimate of drug-likeness (QED) is 0.535. The number of halogens is 2. The van der Waals surface area contributed by atoms with Gasteiger partial charge in [-0.05, 0) is 36.6 Å². The number of rotatable bonds is 5. The van der Waals surface area contributed by atoms with Crippen molar-refractivity contribution in [3.63, 3.8) is 0 Å². The zero-order chi connectivity index (χ0) is 19.1. The smallest absolute Gasteiger partial charge is 0.348 e. The molecule has 0 radical (unpaired) electrons. The van der Waals surface area contributed by atoms with Gasteiger partial charge in [-0.15, -0.1) is 11.3 Å². The van der Waals surface area contributed by atoms with Crippen LogP contribution in [0.25, 0.3) is 10.3 Å². The molecule has 27 heavy (non-hydrogen) atoms. The molecular weight excluding hydrogens is 435 g/mol. The summed E-state index contributed by atoms with van der Waals surface area (Å²) in [6, 6.07) is 5.13. The van der Waals surface area contributed by atoms with Crippen LogP contribution in [0.1, 0.15) is 33.0 Å². The summed E-state index contributed by atoms with van der Waals surface area (Å²) in [5.41, 5.74) is 2.43. The molecular formula is C19H18BrFN2O3S. The van der Waals surface area contributed by atoms with E-state index in [1.807, 2.05) is 17.6 Å². The third-order valence-corrected chi connectivity index (χ3v) is 6.62. The first-order valence-corrected chi connectivity index (χ1v) is 10.2. The van der Waals surface area contributed by atoms with Gasteiger partial charge in [-0.1, -0.05) is 22.0 Å². The Labute approximate surface area is 168 Å². The number of hydrogen-bond donors (Lipinski definition) is 0. The van der Waals surface area contributed by atoms with Crippen LogP contribution in [0.2, 0.25) is 0 Å². The SMILES string of the molecule is COC(=O)c1cc2c(nc(Cc3cc(C)c(Br)cc3F)n2CC2CCO2)s1. The van der Waals surface area contributed by atoms with Gasteiger partial charge in [-0.3, -0.25) is 0 Å². The molecule has 5 nitrogen and oxygen atoms in total. The summed E-state index contributed by atoms with van der Waals surface area (Å²) >= 11 is 4.65. The van der Waals surface area contributed by atoms with Gasteiger partial charge in [0.1, 0.15) is 21.3 Å². The number of benzene rings is 1. The second-order valence-electron chi connectivity index (χ2n) is 6.58. The summed E-state index contributed by atoms with van der Waals surface area (Å²) in [4.78, 5) is 17.8. The average molecular weight is 453 g/mol. The molecule has 142 valence electrons. The van der Waals surface area contributed by atoms with Crippen LogP contribution in [-0.4, -0.2) is 35.3 Å². The van der Waals surface area contributed by atoms with Crippen molar-refractivity contribution in [2.75, 3.05) is 13.7 Å². The lowest BCUT2D eigenvalue weighted by Gasteiger charge is -2.27. The molecule has 3 aromatic rings. The lowest BCUT2D eigenvalue weighted by Crippen LogP contribution is -2.31. The second-order valence-corrected chi connectivity index (χ2v) is 8.47. The molecule has 1 saturated heterocycles. The highest BCUT2D eigenvalue weighted by Gasteiger charge is 2.24. The number of thiophene rings is 1. The third-order valence-electron chi connectivity index (χ3n) is 4.77. The number of esters is 1. The normalized spacial score (nSPS) is 16.5. The van der Waals surface area contributed by atoms with Crippen molar-refractivity contribution < 1.29 is 18.7 Å². The number of ether oxygens (including phenoxy) is 2. The van der Waals surface area contributed by atoms with Gasteiger partial charge in [0.25, 0.3) is 0 Å². The monoisotopic (exact) mass is 452 g/mol. The maximum Gasteiger partial charge on any atom is 0.348 e. The molecule has 3 heterocycles. The first kappa shape index (κ1) is 18.6. The largest absolute Gasteiger partial charge is 0.465 e. The number of carbonyl (C=O) groups excluding carboxylic acids is 1. The Bertz CT molecular complexity index is 1030. The number of hydrogen-bond acceptors (Lipinski definition) is 5. The predicted molar refractivity (Wildman–Crippen MR) is 105 cm³/mol. The summed E-state index contributed by atoms with van der Waals surface area (Å²) in [7, 11) is 1.36. The van der Waals surface area contributed by atoms with E-state index in [2.05, 4.69) is 20.9 Å². The highest BCUT2D eigenvalue weighted by Crippen LogP contribution is 2.30. The Hall–Kier alpha value is -1.77. The minimum Gasteiger partial charge on any atom is -0.465 e. The van der Waals surface area contributed by atoms with Crippen LogP contribution in [0, 0.1) is 12.7 Å². The van der Waals surface area contributed by atoms with Gasteiger partial charge < -0.3 is 14.0 Å². The van der Waals surface area contributed by atoms with Crippen LogP contribution in [0.15, 0.2) is 22.7 Å². The van der Waals surface area contributed by atoms with Crippen LogP contribution in [0.4, 0.5) is 4.39 Å². The maximum absolute atomic E-state index is 14.4. The first-order valence-electron chi connectivity index (χ1n) is 8.59. The summed E-state index contributed by atoms with van der Waals surface area (Å²) in [5.74, 6) is 0.130. The minimum atomic E-state index is -0.374. The van der Waals surface area contributed by atoms with Gasteiger partial charge in [0, 0.05) is 17.5 Å². The fourth-order valence-electron chi connectivity index (χ4n) is 3.16. The fourth-order valence-corrected chi connectivity index (χ4v) is 4.44. The molecule has 1 atom stereocenters. The molecule has 0 bridgehead atoms. The Balaban J connectivity index is 1.74. The highest BCUT2D eigenvalue weighted by atomic mass is 79.9. The number of aromatic nitrogens is 2. The van der Waals surface area contributed by atoms with E-state index in [1.54, 1.807) is 6.07 Å². The van der Waals surface area contributed by atoms with Crippen molar-refractivity contribution in [2.45, 2.75) is 32.4 Å². The zero-order valence-corrected chi connectivity index (χ0v) is 17.3. The van der Waals surface area contributed by atoms with Gasteiger partial charge in [0.15, 0.2) is 0 Å². The molecule has 1 fully saturated rings. The number of nitrogens with zero attached hydrogens (tertiary/aromatic N) is 2. The van der Waals surface area contributed by atoms with E-state index in [4.69, 9.17) is 9.47 Å². The average Bonchev–Trinajstić information content (AvgIpc) is 3.13. The Morgan fingerprint density at radius 1 is 1.48 bits per heavy atom. The van der Waals surface area contributed by atoms with E-state index < -0.39 is 0 Å². The van der Waals surface area contributed by atoms with Gasteiger partial charge in [0.2, 0.25) is 0 Å². The third kappa shape index (κ3) is 3.53. The van der Waals surface area contributed by atoms with Crippen LogP contribution >= 0.6 is 27.3 Å². The Kier molecular flexibility index (Phi) is 5.05. The summed E-state index contributed by atoms with van der Waals surface area (Å²) in [6.45, 7) is 3.33. The first-order chi connectivity index (χ1) is 13.0. The highest BCUT2D eigenvalue weighted by molar-refractivity contribution is 9.10. The van der Waals surface area contributed by atoms with E-state index in [0.29, 0.717) is 23.4 Å². The van der Waals surface area contributed by atoms with Gasteiger partial charge in [-0.2, -0.15) is 0 Å². The number of imidazole rings is 1. The van der Waals surface area contributed by atoms with E-state index in [0.717, 1.165) is 39.2 Å². The molecule has 0 saturated carbocycles. The van der Waals surface area contributed by atoms with Crippen LogP contribution in [0.5, 0.6) is 0 Å². The standard InChI is InChI=1S/C19H18BrFN2O3S/c1-10-5-11(14(21)7-13(10)20)6-17-22-18-15(8-16(27-18)19(24)25-2)23(17)9-12-3-4-26-12/h5,7-8,12H,3-4,6,9H2,1-2H3. The van der Waals surface area contributed by atoms with Crippen molar-refractivity contribution in [3.8, 4) is 0 Å². The molecule has 0 aliphatic carbocycles. The molecule has 0 N–H and O–H groups in total. The van der Waals surface area contributed by atoms with Crippen molar-refractivity contribution in [1.29, 1.82) is 0 Å². The van der Waals surface area contributed by atoms with Gasteiger partial charge in [0.05, 0.1) is 25.3 Å². The molecule has 1 aliphatic rings. The predicted octanol–water partition coefficient (Wildman–Crippen LogP) is 4.47. The van der Waals surface area contributed by atoms with Crippen LogP contribution in [-0.2, 0) is 22.4 Å². The number of carbonyl (C=O) groups is 1. The maximum atomic E-state index is 14.4. The fraction of sp³-hybridized carbons (Fsp3) is 0.368. The Morgan fingerprint density at radius 3 is 2.93 bits per heavy atom. The number of fused-ring (bicyclic) bond motifs is 1. The summed E-state index contributed by atoms with van der Waals surface area (Å²) < 4.78 is 27.6. The molecule has 2 aromatic heterocycles. The summed E-state index contributed by atoms with van der Waals surface area (Å²) in [6.07, 6.45) is 1.49. The van der Waals surface area contributed by atoms with Crippen molar-refractivity contribution in [3.05, 3.63) is 50.3 Å². The van der Waals surface area contributed by atoms with Crippen LogP contribution in [0.3, 0.4) is 0 Å².